The smallest absolute Gasteiger partial charge is 0.460 e. The standard InChI is InChI=1S/C16H31O6P/c1-3-16(17)22-15(2)13-11-9-7-5-4-6-8-10-12-14-21-23(18,19)20/h3,15H,1,4-14H2,2H3,(H2,18,19,20). The van der Waals surface area contributed by atoms with Crippen molar-refractivity contribution in [2.75, 3.05) is 6.61 Å². The average Bonchev–Trinajstić information content (AvgIpc) is 2.47. The molecule has 0 rings (SSSR count). The lowest BCUT2D eigenvalue weighted by Crippen LogP contribution is -2.12. The van der Waals surface area contributed by atoms with E-state index in [-0.39, 0.29) is 18.7 Å². The fourth-order valence-electron chi connectivity index (χ4n) is 2.26. The van der Waals surface area contributed by atoms with Crippen molar-refractivity contribution >= 4 is 13.8 Å². The topological polar surface area (TPSA) is 93.1 Å². The van der Waals surface area contributed by atoms with E-state index < -0.39 is 7.82 Å². The summed E-state index contributed by atoms with van der Waals surface area (Å²) in [7, 11) is -4.29. The number of carbonyl (C=O) groups is 1. The minimum atomic E-state index is -4.29. The van der Waals surface area contributed by atoms with E-state index in [4.69, 9.17) is 14.5 Å². The molecule has 0 aliphatic rings. The Labute approximate surface area is 139 Å². The van der Waals surface area contributed by atoms with Gasteiger partial charge in [-0.15, -0.1) is 0 Å². The number of phosphoric acid groups is 1. The maximum Gasteiger partial charge on any atom is 0.469 e. The van der Waals surface area contributed by atoms with Gasteiger partial charge in [-0.2, -0.15) is 0 Å². The SMILES string of the molecule is C=CC(=O)OC(C)CCCCCCCCCCCOP(=O)(O)O. The van der Waals surface area contributed by atoms with Crippen molar-refractivity contribution < 1.29 is 28.4 Å². The van der Waals surface area contributed by atoms with Crippen LogP contribution in [0.1, 0.15) is 71.1 Å². The molecule has 2 N–H and O–H groups in total. The Balaban J connectivity index is 3.23. The van der Waals surface area contributed by atoms with E-state index in [9.17, 15) is 9.36 Å². The first-order valence-electron chi connectivity index (χ1n) is 8.38. The largest absolute Gasteiger partial charge is 0.469 e. The van der Waals surface area contributed by atoms with Crippen LogP contribution >= 0.6 is 7.82 Å². The molecule has 7 heteroatoms. The highest BCUT2D eigenvalue weighted by molar-refractivity contribution is 7.46. The van der Waals surface area contributed by atoms with Crippen molar-refractivity contribution in [2.24, 2.45) is 0 Å². The highest BCUT2D eigenvalue weighted by Gasteiger charge is 2.12. The zero-order chi connectivity index (χ0) is 17.6. The van der Waals surface area contributed by atoms with E-state index in [2.05, 4.69) is 11.1 Å². The molecule has 1 unspecified atom stereocenters. The minimum Gasteiger partial charge on any atom is -0.460 e. The number of carbonyl (C=O) groups excluding carboxylic acids is 1. The van der Waals surface area contributed by atoms with Gasteiger partial charge in [-0.25, -0.2) is 9.36 Å². The molecular formula is C16H31O6P. The predicted molar refractivity (Wildman–Crippen MR) is 89.9 cm³/mol. The summed E-state index contributed by atoms with van der Waals surface area (Å²) in [6.45, 7) is 5.39. The first-order valence-corrected chi connectivity index (χ1v) is 9.91. The van der Waals surface area contributed by atoms with Crippen LogP contribution in [0.2, 0.25) is 0 Å². The fourth-order valence-corrected chi connectivity index (χ4v) is 2.63. The second kappa shape index (κ2) is 13.7. The van der Waals surface area contributed by atoms with Crippen LogP contribution < -0.4 is 0 Å². The maximum absolute atomic E-state index is 11.0. The molecule has 0 aromatic carbocycles. The fraction of sp³-hybridized carbons (Fsp3) is 0.812. The van der Waals surface area contributed by atoms with Crippen molar-refractivity contribution in [3.8, 4) is 0 Å². The zero-order valence-electron chi connectivity index (χ0n) is 14.1. The van der Waals surface area contributed by atoms with Crippen LogP contribution in [0.3, 0.4) is 0 Å². The Hall–Kier alpha value is -0.680. The molecule has 6 nitrogen and oxygen atoms in total. The summed E-state index contributed by atoms with van der Waals surface area (Å²) in [5, 5.41) is 0. The molecule has 0 aromatic heterocycles. The van der Waals surface area contributed by atoms with Crippen LogP contribution in [0.15, 0.2) is 12.7 Å². The summed E-state index contributed by atoms with van der Waals surface area (Å²) in [6.07, 6.45) is 11.6. The first-order chi connectivity index (χ1) is 10.8. The Morgan fingerprint density at radius 2 is 1.52 bits per heavy atom. The van der Waals surface area contributed by atoms with E-state index in [1.807, 2.05) is 6.92 Å². The van der Waals surface area contributed by atoms with E-state index in [1.54, 1.807) is 0 Å². The van der Waals surface area contributed by atoms with E-state index in [1.165, 1.54) is 25.3 Å². The number of phosphoric ester groups is 1. The van der Waals surface area contributed by atoms with Crippen molar-refractivity contribution in [1.82, 2.24) is 0 Å². The molecule has 0 radical (unpaired) electrons. The molecule has 1 atom stereocenters. The van der Waals surface area contributed by atoms with Gasteiger partial charge in [0.05, 0.1) is 12.7 Å². The average molecular weight is 350 g/mol. The lowest BCUT2D eigenvalue weighted by atomic mass is 10.1. The van der Waals surface area contributed by atoms with Gasteiger partial charge in [0.25, 0.3) is 0 Å². The normalized spacial score (nSPS) is 12.8. The summed E-state index contributed by atoms with van der Waals surface area (Å²) in [5.74, 6) is -0.358. The van der Waals surface area contributed by atoms with E-state index in [0.29, 0.717) is 6.42 Å². The van der Waals surface area contributed by atoms with Crippen LogP contribution in [0.4, 0.5) is 0 Å². The molecule has 0 aromatic rings. The van der Waals surface area contributed by atoms with E-state index in [0.717, 1.165) is 38.5 Å². The molecule has 0 spiro atoms. The van der Waals surface area contributed by atoms with Crippen LogP contribution in [0.5, 0.6) is 0 Å². The monoisotopic (exact) mass is 350 g/mol. The van der Waals surface area contributed by atoms with Gasteiger partial charge in [-0.05, 0) is 26.2 Å². The molecule has 0 aliphatic carbocycles. The minimum absolute atomic E-state index is 0.0455. The third-order valence-corrected chi connectivity index (χ3v) is 4.02. The van der Waals surface area contributed by atoms with E-state index >= 15 is 0 Å². The number of unbranched alkanes of at least 4 members (excludes halogenated alkanes) is 8. The maximum atomic E-state index is 11.0. The van der Waals surface area contributed by atoms with Crippen LogP contribution in [-0.4, -0.2) is 28.5 Å². The molecule has 0 fully saturated rings. The lowest BCUT2D eigenvalue weighted by molar-refractivity contribution is -0.142. The first kappa shape index (κ1) is 22.3. The third kappa shape index (κ3) is 17.5. The Bertz CT molecular complexity index is 366. The number of hydrogen-bond donors (Lipinski definition) is 2. The second-order valence-corrected chi connectivity index (χ2v) is 6.99. The van der Waals surface area contributed by atoms with Crippen LogP contribution in [-0.2, 0) is 18.6 Å². The van der Waals surface area contributed by atoms with Crippen molar-refractivity contribution in [3.05, 3.63) is 12.7 Å². The van der Waals surface area contributed by atoms with Gasteiger partial charge in [0.1, 0.15) is 0 Å². The van der Waals surface area contributed by atoms with Crippen LogP contribution in [0.25, 0.3) is 0 Å². The molecule has 136 valence electrons. The Kier molecular flexibility index (Phi) is 13.3. The van der Waals surface area contributed by atoms with Gasteiger partial charge < -0.3 is 14.5 Å². The van der Waals surface area contributed by atoms with Crippen molar-refractivity contribution in [2.45, 2.75) is 77.2 Å². The quantitative estimate of drug-likeness (QED) is 0.200. The van der Waals surface area contributed by atoms with Crippen molar-refractivity contribution in [1.29, 1.82) is 0 Å². The molecule has 0 saturated heterocycles. The summed E-state index contributed by atoms with van der Waals surface area (Å²) in [6, 6.07) is 0. The summed E-state index contributed by atoms with van der Waals surface area (Å²) in [4.78, 5) is 28.0. The molecular weight excluding hydrogens is 319 g/mol. The van der Waals surface area contributed by atoms with Crippen molar-refractivity contribution in [3.63, 3.8) is 0 Å². The summed E-state index contributed by atoms with van der Waals surface area (Å²) >= 11 is 0. The molecule has 0 saturated carbocycles. The summed E-state index contributed by atoms with van der Waals surface area (Å²) < 4.78 is 19.9. The van der Waals surface area contributed by atoms with Gasteiger partial charge >= 0.3 is 13.8 Å². The van der Waals surface area contributed by atoms with Crippen LogP contribution in [0, 0.1) is 0 Å². The van der Waals surface area contributed by atoms with Gasteiger partial charge in [-0.3, -0.25) is 4.52 Å². The molecule has 0 bridgehead atoms. The highest BCUT2D eigenvalue weighted by atomic mass is 31.2. The number of esters is 1. The molecule has 0 aliphatic heterocycles. The molecule has 23 heavy (non-hydrogen) atoms. The Morgan fingerprint density at radius 1 is 1.04 bits per heavy atom. The highest BCUT2D eigenvalue weighted by Crippen LogP contribution is 2.35. The predicted octanol–water partition coefficient (Wildman–Crippen LogP) is 4.11. The van der Waals surface area contributed by atoms with Gasteiger partial charge in [-0.1, -0.05) is 51.5 Å². The number of ether oxygens (including phenoxy) is 1. The second-order valence-electron chi connectivity index (χ2n) is 5.75. The number of hydrogen-bond acceptors (Lipinski definition) is 4. The lowest BCUT2D eigenvalue weighted by Gasteiger charge is -2.11. The Morgan fingerprint density at radius 3 is 2.00 bits per heavy atom. The zero-order valence-corrected chi connectivity index (χ0v) is 15.0. The van der Waals surface area contributed by atoms with Gasteiger partial charge in [0.2, 0.25) is 0 Å². The molecule has 0 amide bonds. The van der Waals surface area contributed by atoms with Gasteiger partial charge in [0.15, 0.2) is 0 Å². The third-order valence-electron chi connectivity index (χ3n) is 3.50. The number of rotatable bonds is 15. The van der Waals surface area contributed by atoms with Gasteiger partial charge in [0, 0.05) is 6.08 Å². The summed E-state index contributed by atoms with van der Waals surface area (Å²) in [5.41, 5.74) is 0. The molecule has 0 heterocycles.